The van der Waals surface area contributed by atoms with Crippen LogP contribution in [0.25, 0.3) is 11.0 Å². The predicted molar refractivity (Wildman–Crippen MR) is 79.3 cm³/mol. The van der Waals surface area contributed by atoms with Crippen LogP contribution in [-0.4, -0.2) is 29.2 Å². The van der Waals surface area contributed by atoms with Gasteiger partial charge in [-0.2, -0.15) is 0 Å². The van der Waals surface area contributed by atoms with Crippen molar-refractivity contribution in [2.45, 2.75) is 25.4 Å². The third-order valence-electron chi connectivity index (χ3n) is 3.34. The maximum absolute atomic E-state index is 5.72. The van der Waals surface area contributed by atoms with Crippen LogP contribution in [0.15, 0.2) is 29.0 Å². The molecule has 0 aromatic carbocycles. The Morgan fingerprint density at radius 1 is 1.37 bits per heavy atom. The average molecular weight is 322 g/mol. The predicted octanol–water partition coefficient (Wildman–Crippen LogP) is 3.37. The van der Waals surface area contributed by atoms with E-state index < -0.39 is 0 Å². The summed E-state index contributed by atoms with van der Waals surface area (Å²) in [5.74, 6) is 0. The molecule has 3 heterocycles. The summed E-state index contributed by atoms with van der Waals surface area (Å²) in [4.78, 5) is 8.77. The normalized spacial score (nSPS) is 19.5. The molecule has 19 heavy (non-hydrogen) atoms. The van der Waals surface area contributed by atoms with E-state index >= 15 is 0 Å². The Hall–Kier alpha value is -1.20. The maximum atomic E-state index is 5.72. The maximum Gasteiger partial charge on any atom is 0.112 e. The van der Waals surface area contributed by atoms with Crippen LogP contribution < -0.4 is 5.32 Å². The number of hydrogen-bond donors (Lipinski definition) is 1. The largest absolute Gasteiger partial charge is 0.381 e. The highest BCUT2D eigenvalue weighted by atomic mass is 79.9. The van der Waals surface area contributed by atoms with Gasteiger partial charge in [0.05, 0.1) is 17.3 Å². The van der Waals surface area contributed by atoms with Gasteiger partial charge in [0.2, 0.25) is 0 Å². The Morgan fingerprint density at radius 3 is 3.16 bits per heavy atom. The summed E-state index contributed by atoms with van der Waals surface area (Å²) < 4.78 is 6.67. The quantitative estimate of drug-likeness (QED) is 0.941. The Bertz CT molecular complexity index is 570. The summed E-state index contributed by atoms with van der Waals surface area (Å²) >= 11 is 3.42. The molecule has 1 aliphatic rings. The zero-order valence-corrected chi connectivity index (χ0v) is 12.2. The monoisotopic (exact) mass is 321 g/mol. The van der Waals surface area contributed by atoms with Crippen LogP contribution in [0.2, 0.25) is 0 Å². The number of aromatic nitrogens is 2. The standard InChI is InChI=1S/C14H16BrN3O/c15-10-7-13-14(18-8-10)12(4-5-16-13)17-9-11-3-1-2-6-19-11/h4-5,7-8,11H,1-3,6,9H2,(H,16,17). The summed E-state index contributed by atoms with van der Waals surface area (Å²) in [7, 11) is 0. The van der Waals surface area contributed by atoms with Crippen molar-refractivity contribution < 1.29 is 4.74 Å². The highest BCUT2D eigenvalue weighted by Gasteiger charge is 2.14. The molecule has 1 N–H and O–H groups in total. The van der Waals surface area contributed by atoms with Gasteiger partial charge in [-0.15, -0.1) is 0 Å². The van der Waals surface area contributed by atoms with Gasteiger partial charge in [-0.1, -0.05) is 0 Å². The molecule has 1 saturated heterocycles. The molecular formula is C14H16BrN3O. The average Bonchev–Trinajstić information content (AvgIpc) is 2.45. The number of anilines is 1. The van der Waals surface area contributed by atoms with Gasteiger partial charge in [0.15, 0.2) is 0 Å². The van der Waals surface area contributed by atoms with E-state index in [2.05, 4.69) is 31.2 Å². The lowest BCUT2D eigenvalue weighted by atomic mass is 10.1. The zero-order valence-electron chi connectivity index (χ0n) is 10.6. The van der Waals surface area contributed by atoms with Crippen LogP contribution in [0.5, 0.6) is 0 Å². The molecule has 3 rings (SSSR count). The van der Waals surface area contributed by atoms with Crippen molar-refractivity contribution in [3.05, 3.63) is 29.0 Å². The van der Waals surface area contributed by atoms with Crippen LogP contribution in [0.3, 0.4) is 0 Å². The van der Waals surface area contributed by atoms with Gasteiger partial charge in [-0.05, 0) is 47.3 Å². The van der Waals surface area contributed by atoms with Crippen LogP contribution in [0.4, 0.5) is 5.69 Å². The number of fused-ring (bicyclic) bond motifs is 1. The van der Waals surface area contributed by atoms with Gasteiger partial charge in [-0.25, -0.2) is 0 Å². The number of nitrogens with one attached hydrogen (secondary N) is 1. The smallest absolute Gasteiger partial charge is 0.112 e. The molecule has 0 aliphatic carbocycles. The Labute approximate surface area is 120 Å². The SMILES string of the molecule is Brc1cnc2c(NCC3CCCCO3)ccnc2c1. The molecule has 0 spiro atoms. The first-order valence-electron chi connectivity index (χ1n) is 6.59. The summed E-state index contributed by atoms with van der Waals surface area (Å²) in [6, 6.07) is 3.94. The van der Waals surface area contributed by atoms with Crippen molar-refractivity contribution in [1.82, 2.24) is 9.97 Å². The molecule has 2 aromatic heterocycles. The molecular weight excluding hydrogens is 306 g/mol. The fourth-order valence-electron chi connectivity index (χ4n) is 2.34. The van der Waals surface area contributed by atoms with E-state index in [1.807, 2.05) is 12.1 Å². The van der Waals surface area contributed by atoms with Crippen LogP contribution >= 0.6 is 15.9 Å². The van der Waals surface area contributed by atoms with Gasteiger partial charge in [-0.3, -0.25) is 9.97 Å². The molecule has 0 amide bonds. The van der Waals surface area contributed by atoms with Crippen LogP contribution in [0.1, 0.15) is 19.3 Å². The lowest BCUT2D eigenvalue weighted by Gasteiger charge is -2.23. The number of hydrogen-bond acceptors (Lipinski definition) is 4. The first-order chi connectivity index (χ1) is 9.33. The van der Waals surface area contributed by atoms with E-state index in [0.29, 0.717) is 6.10 Å². The summed E-state index contributed by atoms with van der Waals surface area (Å²) in [6.07, 6.45) is 7.49. The molecule has 4 nitrogen and oxygen atoms in total. The minimum Gasteiger partial charge on any atom is -0.381 e. The van der Waals surface area contributed by atoms with Gasteiger partial charge in [0.1, 0.15) is 5.52 Å². The summed E-state index contributed by atoms with van der Waals surface area (Å²) in [6.45, 7) is 1.71. The third kappa shape index (κ3) is 3.04. The van der Waals surface area contributed by atoms with Gasteiger partial charge < -0.3 is 10.1 Å². The minimum atomic E-state index is 0.312. The second-order valence-corrected chi connectivity index (χ2v) is 5.66. The number of rotatable bonds is 3. The second-order valence-electron chi connectivity index (χ2n) is 4.75. The van der Waals surface area contributed by atoms with E-state index in [4.69, 9.17) is 4.74 Å². The molecule has 2 aromatic rings. The summed E-state index contributed by atoms with van der Waals surface area (Å²) in [5.41, 5.74) is 2.82. The molecule has 0 radical (unpaired) electrons. The Kier molecular flexibility index (Phi) is 3.94. The lowest BCUT2D eigenvalue weighted by Crippen LogP contribution is -2.27. The number of nitrogens with zero attached hydrogens (tertiary/aromatic N) is 2. The topological polar surface area (TPSA) is 47.0 Å². The molecule has 0 saturated carbocycles. The van der Waals surface area contributed by atoms with E-state index in [-0.39, 0.29) is 0 Å². The third-order valence-corrected chi connectivity index (χ3v) is 3.77. The van der Waals surface area contributed by atoms with Crippen molar-refractivity contribution >= 4 is 32.7 Å². The van der Waals surface area contributed by atoms with E-state index in [1.165, 1.54) is 12.8 Å². The van der Waals surface area contributed by atoms with Gasteiger partial charge in [0.25, 0.3) is 0 Å². The van der Waals surface area contributed by atoms with Gasteiger partial charge >= 0.3 is 0 Å². The molecule has 5 heteroatoms. The van der Waals surface area contributed by atoms with Crippen molar-refractivity contribution in [3.8, 4) is 0 Å². The fourth-order valence-corrected chi connectivity index (χ4v) is 2.66. The molecule has 1 fully saturated rings. The Balaban J connectivity index is 1.76. The molecule has 100 valence electrons. The van der Waals surface area contributed by atoms with E-state index in [9.17, 15) is 0 Å². The van der Waals surface area contributed by atoms with Crippen molar-refractivity contribution in [1.29, 1.82) is 0 Å². The van der Waals surface area contributed by atoms with Crippen LogP contribution in [0, 0.1) is 0 Å². The van der Waals surface area contributed by atoms with Crippen LogP contribution in [-0.2, 0) is 4.74 Å². The first-order valence-corrected chi connectivity index (χ1v) is 7.38. The number of ether oxygens (including phenoxy) is 1. The highest BCUT2D eigenvalue weighted by molar-refractivity contribution is 9.10. The van der Waals surface area contributed by atoms with Crippen molar-refractivity contribution in [3.63, 3.8) is 0 Å². The minimum absolute atomic E-state index is 0.312. The fraction of sp³-hybridized carbons (Fsp3) is 0.429. The van der Waals surface area contributed by atoms with Gasteiger partial charge in [0, 0.05) is 30.0 Å². The van der Waals surface area contributed by atoms with Crippen molar-refractivity contribution in [2.24, 2.45) is 0 Å². The van der Waals surface area contributed by atoms with E-state index in [0.717, 1.165) is 40.8 Å². The lowest BCUT2D eigenvalue weighted by molar-refractivity contribution is 0.0248. The second kappa shape index (κ2) is 5.84. The first kappa shape index (κ1) is 12.8. The molecule has 1 aliphatic heterocycles. The summed E-state index contributed by atoms with van der Waals surface area (Å²) in [5, 5.41) is 3.43. The Morgan fingerprint density at radius 2 is 2.32 bits per heavy atom. The molecule has 1 unspecified atom stereocenters. The highest BCUT2D eigenvalue weighted by Crippen LogP contribution is 2.22. The number of halogens is 1. The molecule has 0 bridgehead atoms. The van der Waals surface area contributed by atoms with E-state index in [1.54, 1.807) is 12.4 Å². The molecule has 1 atom stereocenters. The zero-order chi connectivity index (χ0) is 13.1. The van der Waals surface area contributed by atoms with Crippen molar-refractivity contribution in [2.75, 3.05) is 18.5 Å². The number of pyridine rings is 2.